The Kier molecular flexibility index (Phi) is 7.61. The summed E-state index contributed by atoms with van der Waals surface area (Å²) in [5.74, 6) is -5.32. The second kappa shape index (κ2) is 10.6. The van der Waals surface area contributed by atoms with E-state index in [2.05, 4.69) is 15.3 Å². The van der Waals surface area contributed by atoms with Crippen molar-refractivity contribution in [2.24, 2.45) is 11.8 Å². The Hall–Kier alpha value is -3.94. The fraction of sp³-hybridized carbons (Fsp3) is 0.240. The van der Waals surface area contributed by atoms with Crippen molar-refractivity contribution in [3.63, 3.8) is 0 Å². The van der Waals surface area contributed by atoms with Gasteiger partial charge in [0.15, 0.2) is 5.78 Å². The van der Waals surface area contributed by atoms with Crippen molar-refractivity contribution in [1.82, 2.24) is 9.97 Å². The molecule has 170 valence electrons. The molecule has 2 unspecified atom stereocenters. The van der Waals surface area contributed by atoms with E-state index in [1.54, 1.807) is 44.2 Å². The van der Waals surface area contributed by atoms with Crippen LogP contribution in [0.25, 0.3) is 0 Å². The summed E-state index contributed by atoms with van der Waals surface area (Å²) in [6, 6.07) is 15.0. The molecule has 8 heteroatoms. The molecule has 3 aromatic rings. The number of rotatable bonds is 9. The van der Waals surface area contributed by atoms with Gasteiger partial charge in [0.25, 0.3) is 0 Å². The van der Waals surface area contributed by atoms with Gasteiger partial charge in [-0.3, -0.25) is 14.4 Å². The third kappa shape index (κ3) is 5.65. The third-order valence-corrected chi connectivity index (χ3v) is 5.10. The number of Topliss-reactive ketones (excluding diaryl/α,β-unsaturated/α-hetero) is 2. The van der Waals surface area contributed by atoms with Crippen molar-refractivity contribution in [2.75, 3.05) is 12.4 Å². The van der Waals surface area contributed by atoms with E-state index in [0.717, 1.165) is 12.1 Å². The van der Waals surface area contributed by atoms with Gasteiger partial charge in [0.1, 0.15) is 17.5 Å². The number of nitrogens with one attached hydrogen (secondary N) is 1. The first-order valence-electron chi connectivity index (χ1n) is 10.4. The maximum Gasteiger partial charge on any atom is 0.316 e. The molecule has 0 aliphatic heterocycles. The number of amides is 1. The topological polar surface area (TPSA) is 98.2 Å². The molecule has 0 saturated carbocycles. The predicted molar refractivity (Wildman–Crippen MR) is 120 cm³/mol. The largest absolute Gasteiger partial charge is 0.467 e. The zero-order valence-electron chi connectivity index (χ0n) is 18.5. The van der Waals surface area contributed by atoms with Gasteiger partial charge in [-0.1, -0.05) is 32.0 Å². The van der Waals surface area contributed by atoms with Crippen LogP contribution < -0.4 is 10.1 Å². The summed E-state index contributed by atoms with van der Waals surface area (Å²) < 4.78 is 18.6. The van der Waals surface area contributed by atoms with Gasteiger partial charge in [-0.15, -0.1) is 0 Å². The first-order valence-corrected chi connectivity index (χ1v) is 10.4. The van der Waals surface area contributed by atoms with E-state index in [1.807, 2.05) is 0 Å². The summed E-state index contributed by atoms with van der Waals surface area (Å²) in [5, 5.41) is 2.73. The lowest BCUT2D eigenvalue weighted by Gasteiger charge is -2.26. The van der Waals surface area contributed by atoms with Crippen molar-refractivity contribution < 1.29 is 23.5 Å². The molecule has 2 atom stereocenters. The van der Waals surface area contributed by atoms with Gasteiger partial charge >= 0.3 is 6.01 Å². The molecule has 2 aromatic carbocycles. The number of carbonyl (C=O) groups excluding carboxylic acids is 3. The Morgan fingerprint density at radius 2 is 1.64 bits per heavy atom. The molecule has 7 nitrogen and oxygen atoms in total. The lowest BCUT2D eigenvalue weighted by molar-refractivity contribution is -0.133. The van der Waals surface area contributed by atoms with Gasteiger partial charge < -0.3 is 10.1 Å². The summed E-state index contributed by atoms with van der Waals surface area (Å²) in [4.78, 5) is 48.5. The second-order valence-corrected chi connectivity index (χ2v) is 7.71. The fourth-order valence-corrected chi connectivity index (χ4v) is 3.42. The van der Waals surface area contributed by atoms with Crippen LogP contribution in [-0.2, 0) is 9.59 Å². The number of hydrogen-bond donors (Lipinski definition) is 1. The van der Waals surface area contributed by atoms with Crippen molar-refractivity contribution in [1.29, 1.82) is 0 Å². The smallest absolute Gasteiger partial charge is 0.316 e. The quantitative estimate of drug-likeness (QED) is 0.391. The number of hydrogen-bond acceptors (Lipinski definition) is 6. The molecule has 1 amide bonds. The highest BCUT2D eigenvalue weighted by atomic mass is 19.1. The maximum absolute atomic E-state index is 13.6. The Labute approximate surface area is 191 Å². The summed E-state index contributed by atoms with van der Waals surface area (Å²) >= 11 is 0. The Balaban J connectivity index is 2.13. The molecule has 33 heavy (non-hydrogen) atoms. The van der Waals surface area contributed by atoms with Crippen LogP contribution in [0.5, 0.6) is 6.01 Å². The standard InChI is InChI=1S/C25H24FN3O4/c1-15(2)22(30)21(24(32)28-18-7-5-4-6-8-18)20(19-13-14-27-25(29-19)33-3)23(31)16-9-11-17(26)12-10-16/h4-15,20-21H,1-3H3,(H,28,32). The van der Waals surface area contributed by atoms with Crippen LogP contribution in [0, 0.1) is 17.7 Å². The lowest BCUT2D eigenvalue weighted by atomic mass is 9.77. The minimum atomic E-state index is -1.39. The predicted octanol–water partition coefficient (Wildman–Crippen LogP) is 4.07. The first-order chi connectivity index (χ1) is 15.8. The molecule has 0 spiro atoms. The van der Waals surface area contributed by atoms with Crippen molar-refractivity contribution in [2.45, 2.75) is 19.8 Å². The SMILES string of the molecule is COc1nccc(C(C(=O)c2ccc(F)cc2)C(C(=O)Nc2ccccc2)C(=O)C(C)C)n1. The number of methoxy groups -OCH3 is 1. The lowest BCUT2D eigenvalue weighted by Crippen LogP contribution is -2.40. The normalized spacial score (nSPS) is 12.6. The molecule has 0 fully saturated rings. The minimum Gasteiger partial charge on any atom is -0.467 e. The molecule has 0 bridgehead atoms. The van der Waals surface area contributed by atoms with E-state index in [9.17, 15) is 18.8 Å². The molecular formula is C25H24FN3O4. The van der Waals surface area contributed by atoms with Gasteiger partial charge in [-0.05, 0) is 42.5 Å². The fourth-order valence-electron chi connectivity index (χ4n) is 3.42. The number of ether oxygens (including phenoxy) is 1. The van der Waals surface area contributed by atoms with Crippen LogP contribution in [0.4, 0.5) is 10.1 Å². The summed E-state index contributed by atoms with van der Waals surface area (Å²) in [7, 11) is 1.37. The van der Waals surface area contributed by atoms with Crippen LogP contribution in [0.3, 0.4) is 0 Å². The highest BCUT2D eigenvalue weighted by molar-refractivity contribution is 6.14. The van der Waals surface area contributed by atoms with Gasteiger partial charge in [0.2, 0.25) is 5.91 Å². The summed E-state index contributed by atoms with van der Waals surface area (Å²) in [6.45, 7) is 3.32. The van der Waals surface area contributed by atoms with Crippen LogP contribution >= 0.6 is 0 Å². The zero-order valence-corrected chi connectivity index (χ0v) is 18.5. The van der Waals surface area contributed by atoms with Crippen LogP contribution in [0.15, 0.2) is 66.9 Å². The van der Waals surface area contributed by atoms with E-state index in [4.69, 9.17) is 4.74 Å². The molecule has 0 radical (unpaired) electrons. The number of anilines is 1. The zero-order chi connectivity index (χ0) is 24.0. The van der Waals surface area contributed by atoms with Crippen molar-refractivity contribution >= 4 is 23.2 Å². The average molecular weight is 449 g/mol. The van der Waals surface area contributed by atoms with Gasteiger partial charge in [0, 0.05) is 23.4 Å². The first kappa shape index (κ1) is 23.7. The molecule has 1 heterocycles. The number of halogens is 1. The van der Waals surface area contributed by atoms with E-state index >= 15 is 0 Å². The number of ketones is 2. The van der Waals surface area contributed by atoms with Crippen LogP contribution in [-0.4, -0.2) is 34.6 Å². The number of para-hydroxylation sites is 1. The molecule has 1 N–H and O–H groups in total. The molecule has 0 saturated heterocycles. The van der Waals surface area contributed by atoms with Gasteiger partial charge in [0.05, 0.1) is 18.7 Å². The van der Waals surface area contributed by atoms with E-state index in [1.165, 1.54) is 31.5 Å². The number of carbonyl (C=O) groups is 3. The van der Waals surface area contributed by atoms with E-state index in [0.29, 0.717) is 5.69 Å². The van der Waals surface area contributed by atoms with Crippen molar-refractivity contribution in [3.05, 3.63) is 83.9 Å². The van der Waals surface area contributed by atoms with E-state index < -0.39 is 41.0 Å². The number of benzene rings is 2. The van der Waals surface area contributed by atoms with Crippen LogP contribution in [0.1, 0.15) is 35.8 Å². The van der Waals surface area contributed by atoms with Gasteiger partial charge in [-0.2, -0.15) is 4.98 Å². The molecular weight excluding hydrogens is 425 g/mol. The Morgan fingerprint density at radius 1 is 0.970 bits per heavy atom. The maximum atomic E-state index is 13.6. The minimum absolute atomic E-state index is 0.0105. The van der Waals surface area contributed by atoms with Crippen molar-refractivity contribution in [3.8, 4) is 6.01 Å². The molecule has 0 aliphatic carbocycles. The summed E-state index contributed by atoms with van der Waals surface area (Å²) in [6.07, 6.45) is 1.39. The molecule has 0 aliphatic rings. The molecule has 3 rings (SSSR count). The monoisotopic (exact) mass is 449 g/mol. The van der Waals surface area contributed by atoms with Gasteiger partial charge in [-0.25, -0.2) is 9.37 Å². The highest BCUT2D eigenvalue weighted by Gasteiger charge is 2.42. The van der Waals surface area contributed by atoms with E-state index in [-0.39, 0.29) is 17.3 Å². The number of aromatic nitrogens is 2. The Morgan fingerprint density at radius 3 is 2.24 bits per heavy atom. The Bertz CT molecular complexity index is 1130. The summed E-state index contributed by atoms with van der Waals surface area (Å²) in [5.41, 5.74) is 0.781. The number of nitrogens with zero attached hydrogens (tertiary/aromatic N) is 2. The average Bonchev–Trinajstić information content (AvgIpc) is 2.82. The molecule has 1 aromatic heterocycles. The third-order valence-electron chi connectivity index (χ3n) is 5.10. The highest BCUT2D eigenvalue weighted by Crippen LogP contribution is 2.32. The second-order valence-electron chi connectivity index (χ2n) is 7.71. The van der Waals surface area contributed by atoms with Crippen LogP contribution in [0.2, 0.25) is 0 Å².